The summed E-state index contributed by atoms with van der Waals surface area (Å²) < 4.78 is 9.15. The SMILES string of the molecule is CN1CCc2c(oc3[nH]c(=S)n(-c4ccccc4)c(=S)c23)C1. The van der Waals surface area contributed by atoms with E-state index >= 15 is 0 Å². The van der Waals surface area contributed by atoms with Gasteiger partial charge in [0, 0.05) is 17.8 Å². The summed E-state index contributed by atoms with van der Waals surface area (Å²) in [6.45, 7) is 1.82. The van der Waals surface area contributed by atoms with Crippen LogP contribution in [0.3, 0.4) is 0 Å². The first-order valence-electron chi connectivity index (χ1n) is 7.18. The Morgan fingerprint density at radius 2 is 1.95 bits per heavy atom. The van der Waals surface area contributed by atoms with Crippen LogP contribution < -0.4 is 0 Å². The molecule has 6 heteroatoms. The number of fused-ring (bicyclic) bond motifs is 3. The predicted octanol–water partition coefficient (Wildman–Crippen LogP) is 4.00. The normalized spacial score (nSPS) is 15.1. The average molecular weight is 329 g/mol. The molecule has 0 saturated carbocycles. The minimum atomic E-state index is 0.558. The largest absolute Gasteiger partial charge is 0.443 e. The van der Waals surface area contributed by atoms with Gasteiger partial charge in [0.2, 0.25) is 5.71 Å². The third-order valence-electron chi connectivity index (χ3n) is 4.10. The molecule has 0 atom stereocenters. The molecule has 1 aliphatic heterocycles. The quantitative estimate of drug-likeness (QED) is 0.685. The van der Waals surface area contributed by atoms with E-state index in [4.69, 9.17) is 28.9 Å². The van der Waals surface area contributed by atoms with Gasteiger partial charge in [-0.1, -0.05) is 30.4 Å². The molecule has 4 nitrogen and oxygen atoms in total. The molecule has 4 rings (SSSR count). The third kappa shape index (κ3) is 2.06. The van der Waals surface area contributed by atoms with Gasteiger partial charge in [-0.3, -0.25) is 9.47 Å². The van der Waals surface area contributed by atoms with Gasteiger partial charge >= 0.3 is 0 Å². The topological polar surface area (TPSA) is 37.1 Å². The van der Waals surface area contributed by atoms with Gasteiger partial charge in [-0.15, -0.1) is 0 Å². The minimum absolute atomic E-state index is 0.558. The van der Waals surface area contributed by atoms with Gasteiger partial charge in [-0.25, -0.2) is 0 Å². The van der Waals surface area contributed by atoms with Crippen LogP contribution in [0, 0.1) is 9.41 Å². The molecule has 0 unspecified atom stereocenters. The van der Waals surface area contributed by atoms with Gasteiger partial charge in [0.1, 0.15) is 10.4 Å². The van der Waals surface area contributed by atoms with Crippen molar-refractivity contribution in [2.75, 3.05) is 13.6 Å². The van der Waals surface area contributed by atoms with Gasteiger partial charge in [-0.2, -0.15) is 0 Å². The second-order valence-electron chi connectivity index (χ2n) is 5.60. The van der Waals surface area contributed by atoms with Crippen molar-refractivity contribution >= 4 is 35.5 Å². The molecule has 0 aliphatic carbocycles. The maximum absolute atomic E-state index is 5.97. The second kappa shape index (κ2) is 5.15. The Kier molecular flexibility index (Phi) is 3.25. The fraction of sp³-hybridized carbons (Fsp3) is 0.250. The molecule has 22 heavy (non-hydrogen) atoms. The monoisotopic (exact) mass is 329 g/mol. The van der Waals surface area contributed by atoms with E-state index in [2.05, 4.69) is 16.9 Å². The number of aromatic amines is 1. The maximum Gasteiger partial charge on any atom is 0.209 e. The zero-order chi connectivity index (χ0) is 15.3. The number of para-hydroxylation sites is 1. The van der Waals surface area contributed by atoms with E-state index in [1.54, 1.807) is 0 Å². The first-order valence-corrected chi connectivity index (χ1v) is 8.00. The van der Waals surface area contributed by atoms with Gasteiger partial charge in [-0.05, 0) is 37.8 Å². The summed E-state index contributed by atoms with van der Waals surface area (Å²) >= 11 is 11.2. The molecule has 3 heterocycles. The number of hydrogen-bond donors (Lipinski definition) is 1. The minimum Gasteiger partial charge on any atom is -0.443 e. The van der Waals surface area contributed by atoms with E-state index in [-0.39, 0.29) is 0 Å². The summed E-state index contributed by atoms with van der Waals surface area (Å²) in [6.07, 6.45) is 0.946. The molecule has 0 radical (unpaired) electrons. The molecule has 0 bridgehead atoms. The lowest BCUT2D eigenvalue weighted by Gasteiger charge is -2.20. The summed E-state index contributed by atoms with van der Waals surface area (Å²) in [5.41, 5.74) is 2.88. The van der Waals surface area contributed by atoms with E-state index in [1.807, 2.05) is 34.9 Å². The van der Waals surface area contributed by atoms with Crippen LogP contribution in [0.5, 0.6) is 0 Å². The molecule has 1 N–H and O–H groups in total. The van der Waals surface area contributed by atoms with Gasteiger partial charge in [0.25, 0.3) is 0 Å². The fourth-order valence-electron chi connectivity index (χ4n) is 3.01. The van der Waals surface area contributed by atoms with Crippen LogP contribution in [0.15, 0.2) is 34.7 Å². The third-order valence-corrected chi connectivity index (χ3v) is 4.77. The highest BCUT2D eigenvalue weighted by atomic mass is 32.1. The highest BCUT2D eigenvalue weighted by Gasteiger charge is 2.23. The first-order chi connectivity index (χ1) is 10.6. The molecular weight excluding hydrogens is 314 g/mol. The van der Waals surface area contributed by atoms with Crippen molar-refractivity contribution < 1.29 is 4.42 Å². The number of aromatic nitrogens is 2. The second-order valence-corrected chi connectivity index (χ2v) is 6.38. The highest BCUT2D eigenvalue weighted by molar-refractivity contribution is 7.72. The number of nitrogens with zero attached hydrogens (tertiary/aromatic N) is 2. The maximum atomic E-state index is 5.97. The molecule has 0 amide bonds. The van der Waals surface area contributed by atoms with Crippen molar-refractivity contribution in [1.82, 2.24) is 14.5 Å². The van der Waals surface area contributed by atoms with Crippen molar-refractivity contribution in [3.8, 4) is 5.69 Å². The molecule has 0 spiro atoms. The zero-order valence-corrected chi connectivity index (χ0v) is 13.8. The average Bonchev–Trinajstić information content (AvgIpc) is 2.85. The summed E-state index contributed by atoms with van der Waals surface area (Å²) in [4.78, 5) is 5.44. The summed E-state index contributed by atoms with van der Waals surface area (Å²) in [5, 5.41) is 0.996. The standard InChI is InChI=1S/C16H15N3OS2/c1-18-8-7-11-12(9-18)20-14-13(11)15(21)19(16(22)17-14)10-5-3-2-4-6-10/h2-6H,7-9H2,1H3,(H,17,22). The van der Waals surface area contributed by atoms with Crippen molar-refractivity contribution in [3.05, 3.63) is 51.1 Å². The van der Waals surface area contributed by atoms with Crippen LogP contribution >= 0.6 is 24.4 Å². The molecule has 2 aromatic heterocycles. The highest BCUT2D eigenvalue weighted by Crippen LogP contribution is 2.30. The van der Waals surface area contributed by atoms with Crippen LogP contribution in [0.1, 0.15) is 11.3 Å². The smallest absolute Gasteiger partial charge is 0.209 e. The number of hydrogen-bond acceptors (Lipinski definition) is 4. The lowest BCUT2D eigenvalue weighted by atomic mass is 10.1. The zero-order valence-electron chi connectivity index (χ0n) is 12.1. The molecule has 3 aromatic rings. The van der Waals surface area contributed by atoms with E-state index < -0.39 is 0 Å². The molecule has 0 saturated heterocycles. The van der Waals surface area contributed by atoms with Crippen LogP contribution in [0.25, 0.3) is 16.8 Å². The van der Waals surface area contributed by atoms with E-state index in [9.17, 15) is 0 Å². The van der Waals surface area contributed by atoms with Gasteiger partial charge in [0.15, 0.2) is 4.77 Å². The van der Waals surface area contributed by atoms with E-state index in [1.165, 1.54) is 5.56 Å². The molecule has 0 fully saturated rings. The lowest BCUT2D eigenvalue weighted by Crippen LogP contribution is -2.25. The van der Waals surface area contributed by atoms with Crippen LogP contribution in [0.4, 0.5) is 0 Å². The van der Waals surface area contributed by atoms with Crippen molar-refractivity contribution in [2.45, 2.75) is 13.0 Å². The summed E-state index contributed by atoms with van der Waals surface area (Å²) in [6, 6.07) is 9.96. The molecule has 1 aromatic carbocycles. The summed E-state index contributed by atoms with van der Waals surface area (Å²) in [5.74, 6) is 0.992. The predicted molar refractivity (Wildman–Crippen MR) is 91.6 cm³/mol. The Balaban J connectivity index is 2.05. The van der Waals surface area contributed by atoms with E-state index in [0.717, 1.165) is 41.0 Å². The first kappa shape index (κ1) is 13.9. The van der Waals surface area contributed by atoms with Crippen molar-refractivity contribution in [1.29, 1.82) is 0 Å². The molecular formula is C16H15N3OS2. The number of benzene rings is 1. The van der Waals surface area contributed by atoms with E-state index in [0.29, 0.717) is 10.5 Å². The number of likely N-dealkylation sites (N-methyl/N-ethyl adjacent to an activating group) is 1. The Morgan fingerprint density at radius 3 is 2.73 bits per heavy atom. The Bertz CT molecular complexity index is 969. The van der Waals surface area contributed by atoms with Crippen molar-refractivity contribution in [3.63, 3.8) is 0 Å². The van der Waals surface area contributed by atoms with Crippen LogP contribution in [0.2, 0.25) is 0 Å². The van der Waals surface area contributed by atoms with Crippen molar-refractivity contribution in [2.24, 2.45) is 0 Å². The Hall–Kier alpha value is -1.76. The Morgan fingerprint density at radius 1 is 1.18 bits per heavy atom. The number of nitrogens with one attached hydrogen (secondary N) is 1. The summed E-state index contributed by atoms with van der Waals surface area (Å²) in [7, 11) is 2.09. The molecule has 1 aliphatic rings. The van der Waals surface area contributed by atoms with Gasteiger partial charge in [0.05, 0.1) is 11.9 Å². The Labute approximate surface area is 138 Å². The fourth-order valence-corrected chi connectivity index (χ4v) is 3.77. The van der Waals surface area contributed by atoms with Crippen LogP contribution in [-0.2, 0) is 13.0 Å². The number of rotatable bonds is 1. The number of furan rings is 1. The van der Waals surface area contributed by atoms with Crippen LogP contribution in [-0.4, -0.2) is 28.0 Å². The number of H-pyrrole nitrogens is 1. The van der Waals surface area contributed by atoms with Gasteiger partial charge < -0.3 is 9.40 Å². The lowest BCUT2D eigenvalue weighted by molar-refractivity contribution is 0.281. The molecule has 112 valence electrons.